The van der Waals surface area contributed by atoms with Crippen LogP contribution in [0.2, 0.25) is 5.02 Å². The van der Waals surface area contributed by atoms with Crippen molar-refractivity contribution in [1.29, 1.82) is 0 Å². The van der Waals surface area contributed by atoms with Crippen LogP contribution in [-0.4, -0.2) is 21.4 Å². The third-order valence-electron chi connectivity index (χ3n) is 2.81. The molecule has 0 unspecified atom stereocenters. The summed E-state index contributed by atoms with van der Waals surface area (Å²) in [5.41, 5.74) is 0.853. The molecule has 0 aliphatic rings. The van der Waals surface area contributed by atoms with Crippen LogP contribution in [-0.2, 0) is 0 Å². The quantitative estimate of drug-likeness (QED) is 0.777. The number of hydrogen-bond donors (Lipinski definition) is 2. The van der Waals surface area contributed by atoms with Crippen molar-refractivity contribution in [2.45, 2.75) is 0 Å². The molecule has 0 spiro atoms. The number of imidazole rings is 1. The zero-order chi connectivity index (χ0) is 14.1. The van der Waals surface area contributed by atoms with Gasteiger partial charge < -0.3 is 15.0 Å². The van der Waals surface area contributed by atoms with E-state index >= 15 is 0 Å². The van der Waals surface area contributed by atoms with Gasteiger partial charge >= 0.3 is 0 Å². The lowest BCUT2D eigenvalue weighted by Gasteiger charge is -2.10. The van der Waals surface area contributed by atoms with E-state index in [1.165, 1.54) is 18.2 Å². The molecular formula is C13H11ClFN5. The zero-order valence-electron chi connectivity index (χ0n) is 10.6. The highest BCUT2D eigenvalue weighted by molar-refractivity contribution is 6.30. The van der Waals surface area contributed by atoms with Crippen LogP contribution in [0.1, 0.15) is 0 Å². The van der Waals surface area contributed by atoms with Crippen LogP contribution in [0.25, 0.3) is 5.65 Å². The fourth-order valence-corrected chi connectivity index (χ4v) is 2.03. The van der Waals surface area contributed by atoms with Gasteiger partial charge in [0.2, 0.25) is 0 Å². The maximum absolute atomic E-state index is 13.8. The van der Waals surface area contributed by atoms with Gasteiger partial charge in [0.05, 0.1) is 11.9 Å². The fraction of sp³-hybridized carbons (Fsp3) is 0.0769. The number of aromatic nitrogens is 3. The summed E-state index contributed by atoms with van der Waals surface area (Å²) in [6.45, 7) is 0. The van der Waals surface area contributed by atoms with E-state index in [2.05, 4.69) is 20.6 Å². The largest absolute Gasteiger partial charge is 0.372 e. The smallest absolute Gasteiger partial charge is 0.180 e. The Bertz CT molecular complexity index is 771. The molecule has 2 aromatic heterocycles. The normalized spacial score (nSPS) is 10.8. The molecule has 0 saturated carbocycles. The Morgan fingerprint density at radius 3 is 3.00 bits per heavy atom. The van der Waals surface area contributed by atoms with Crippen LogP contribution in [0.15, 0.2) is 36.8 Å². The van der Waals surface area contributed by atoms with E-state index in [0.29, 0.717) is 22.3 Å². The van der Waals surface area contributed by atoms with Crippen molar-refractivity contribution in [2.24, 2.45) is 0 Å². The summed E-state index contributed by atoms with van der Waals surface area (Å²) >= 11 is 5.88. The predicted octanol–water partition coefficient (Wildman–Crippen LogP) is 3.31. The molecule has 0 saturated heterocycles. The number of nitrogens with one attached hydrogen (secondary N) is 2. The number of anilines is 3. The number of benzene rings is 1. The highest BCUT2D eigenvalue weighted by Crippen LogP contribution is 2.25. The molecule has 5 nitrogen and oxygen atoms in total. The second-order valence-electron chi connectivity index (χ2n) is 4.13. The van der Waals surface area contributed by atoms with E-state index < -0.39 is 5.82 Å². The average Bonchev–Trinajstić information content (AvgIpc) is 2.91. The van der Waals surface area contributed by atoms with Gasteiger partial charge in [-0.05, 0) is 18.2 Å². The molecule has 2 heterocycles. The van der Waals surface area contributed by atoms with Gasteiger partial charge in [0.1, 0.15) is 11.6 Å². The third-order valence-corrected chi connectivity index (χ3v) is 3.05. The minimum absolute atomic E-state index is 0.253. The molecule has 2 N–H and O–H groups in total. The van der Waals surface area contributed by atoms with Gasteiger partial charge in [-0.25, -0.2) is 14.4 Å². The highest BCUT2D eigenvalue weighted by Gasteiger charge is 2.10. The SMILES string of the molecule is CNc1cn2ccnc2c(Nc2cc(Cl)ccc2F)n1. The molecule has 7 heteroatoms. The molecule has 0 amide bonds. The Morgan fingerprint density at radius 2 is 2.20 bits per heavy atom. The molecule has 0 aliphatic heterocycles. The monoisotopic (exact) mass is 291 g/mol. The van der Waals surface area contributed by atoms with Crippen molar-refractivity contribution in [3.63, 3.8) is 0 Å². The second-order valence-corrected chi connectivity index (χ2v) is 4.57. The molecule has 0 aliphatic carbocycles. The van der Waals surface area contributed by atoms with Crippen molar-refractivity contribution < 1.29 is 4.39 Å². The average molecular weight is 292 g/mol. The fourth-order valence-electron chi connectivity index (χ4n) is 1.86. The topological polar surface area (TPSA) is 54.2 Å². The summed E-state index contributed by atoms with van der Waals surface area (Å²) in [5, 5.41) is 6.31. The van der Waals surface area contributed by atoms with Crippen LogP contribution in [0.4, 0.5) is 21.7 Å². The first-order valence-corrected chi connectivity index (χ1v) is 6.28. The minimum Gasteiger partial charge on any atom is -0.372 e. The Balaban J connectivity index is 2.09. The lowest BCUT2D eigenvalue weighted by atomic mass is 10.3. The summed E-state index contributed by atoms with van der Waals surface area (Å²) in [6, 6.07) is 4.30. The molecule has 0 radical (unpaired) electrons. The van der Waals surface area contributed by atoms with Crippen LogP contribution in [0, 0.1) is 5.82 Å². The van der Waals surface area contributed by atoms with Crippen molar-refractivity contribution in [3.05, 3.63) is 47.6 Å². The third kappa shape index (κ3) is 2.25. The van der Waals surface area contributed by atoms with E-state index in [0.717, 1.165) is 0 Å². The van der Waals surface area contributed by atoms with E-state index in [-0.39, 0.29) is 5.69 Å². The number of nitrogens with zero attached hydrogens (tertiary/aromatic N) is 3. The van der Waals surface area contributed by atoms with Crippen molar-refractivity contribution in [3.8, 4) is 0 Å². The summed E-state index contributed by atoms with van der Waals surface area (Å²) in [7, 11) is 1.76. The van der Waals surface area contributed by atoms with E-state index in [1.54, 1.807) is 30.0 Å². The maximum Gasteiger partial charge on any atom is 0.180 e. The summed E-state index contributed by atoms with van der Waals surface area (Å²) in [5.74, 6) is 0.680. The number of hydrogen-bond acceptors (Lipinski definition) is 4. The Hall–Kier alpha value is -2.34. The van der Waals surface area contributed by atoms with Crippen LogP contribution in [0.3, 0.4) is 0 Å². The number of rotatable bonds is 3. The molecule has 0 atom stereocenters. The molecule has 20 heavy (non-hydrogen) atoms. The highest BCUT2D eigenvalue weighted by atomic mass is 35.5. The van der Waals surface area contributed by atoms with E-state index in [9.17, 15) is 4.39 Å². The molecule has 0 fully saturated rings. The van der Waals surface area contributed by atoms with Crippen LogP contribution in [0.5, 0.6) is 0 Å². The van der Waals surface area contributed by atoms with Gasteiger partial charge in [-0.15, -0.1) is 0 Å². The van der Waals surface area contributed by atoms with Gasteiger partial charge in [0.25, 0.3) is 0 Å². The van der Waals surface area contributed by atoms with Gasteiger partial charge in [0.15, 0.2) is 11.5 Å². The lowest BCUT2D eigenvalue weighted by molar-refractivity contribution is 0.632. The van der Waals surface area contributed by atoms with E-state index in [4.69, 9.17) is 11.6 Å². The molecule has 3 rings (SSSR count). The Morgan fingerprint density at radius 1 is 1.35 bits per heavy atom. The van der Waals surface area contributed by atoms with Gasteiger partial charge in [-0.2, -0.15) is 0 Å². The number of fused-ring (bicyclic) bond motifs is 1. The lowest BCUT2D eigenvalue weighted by Crippen LogP contribution is -2.03. The molecular weight excluding hydrogens is 281 g/mol. The van der Waals surface area contributed by atoms with Crippen molar-refractivity contribution >= 4 is 34.6 Å². The first kappa shape index (κ1) is 12.7. The van der Waals surface area contributed by atoms with Crippen molar-refractivity contribution in [1.82, 2.24) is 14.4 Å². The summed E-state index contributed by atoms with van der Waals surface area (Å²) in [6.07, 6.45) is 5.23. The first-order valence-electron chi connectivity index (χ1n) is 5.91. The van der Waals surface area contributed by atoms with Crippen LogP contribution >= 0.6 is 11.6 Å². The summed E-state index contributed by atoms with van der Waals surface area (Å²) in [4.78, 5) is 8.54. The Kier molecular flexibility index (Phi) is 3.15. The predicted molar refractivity (Wildman–Crippen MR) is 77.2 cm³/mol. The summed E-state index contributed by atoms with van der Waals surface area (Å²) < 4.78 is 15.6. The molecule has 0 bridgehead atoms. The molecule has 3 aromatic rings. The van der Waals surface area contributed by atoms with Gasteiger partial charge in [0, 0.05) is 24.5 Å². The van der Waals surface area contributed by atoms with Gasteiger partial charge in [-0.1, -0.05) is 11.6 Å². The standard InChI is InChI=1S/C13H11ClFN5/c1-16-11-7-20-5-4-17-13(20)12(19-11)18-10-6-8(14)2-3-9(10)15/h2-7,16H,1H3,(H,18,19). The molecule has 1 aromatic carbocycles. The Labute approximate surface area is 119 Å². The maximum atomic E-state index is 13.8. The first-order chi connectivity index (χ1) is 9.67. The van der Waals surface area contributed by atoms with Crippen LogP contribution < -0.4 is 10.6 Å². The van der Waals surface area contributed by atoms with Crippen molar-refractivity contribution in [2.75, 3.05) is 17.7 Å². The minimum atomic E-state index is -0.407. The molecule has 102 valence electrons. The zero-order valence-corrected chi connectivity index (χ0v) is 11.3. The number of halogens is 2. The van der Waals surface area contributed by atoms with E-state index in [1.807, 2.05) is 0 Å². The van der Waals surface area contributed by atoms with Gasteiger partial charge in [-0.3, -0.25) is 0 Å². The second kappa shape index (κ2) is 4.97.